The fourth-order valence-electron chi connectivity index (χ4n) is 8.87. The summed E-state index contributed by atoms with van der Waals surface area (Å²) in [6.07, 6.45) is 71.3. The third-order valence-electron chi connectivity index (χ3n) is 13.4. The van der Waals surface area contributed by atoms with Gasteiger partial charge in [0, 0.05) is 19.3 Å². The monoisotopic (exact) mass is 967 g/mol. The molecule has 0 aromatic heterocycles. The lowest BCUT2D eigenvalue weighted by Crippen LogP contribution is -2.30. The van der Waals surface area contributed by atoms with Gasteiger partial charge in [-0.15, -0.1) is 0 Å². The van der Waals surface area contributed by atoms with Crippen LogP contribution in [0.3, 0.4) is 0 Å². The molecule has 0 aliphatic carbocycles. The minimum absolute atomic E-state index is 0.0902. The predicted molar refractivity (Wildman–Crippen MR) is 298 cm³/mol. The van der Waals surface area contributed by atoms with Crippen LogP contribution in [0.2, 0.25) is 0 Å². The van der Waals surface area contributed by atoms with Crippen LogP contribution in [0.15, 0.2) is 48.6 Å². The first-order valence-corrected chi connectivity index (χ1v) is 30.1. The number of hydrogen-bond donors (Lipinski definition) is 0. The van der Waals surface area contributed by atoms with E-state index >= 15 is 0 Å². The highest BCUT2D eigenvalue weighted by Crippen LogP contribution is 2.17. The highest BCUT2D eigenvalue weighted by Gasteiger charge is 2.19. The molecule has 69 heavy (non-hydrogen) atoms. The Morgan fingerprint density at radius 1 is 0.304 bits per heavy atom. The Morgan fingerprint density at radius 2 is 0.565 bits per heavy atom. The summed E-state index contributed by atoms with van der Waals surface area (Å²) in [5, 5.41) is 0. The first-order valence-electron chi connectivity index (χ1n) is 30.1. The van der Waals surface area contributed by atoms with Gasteiger partial charge >= 0.3 is 17.9 Å². The molecular weight excluding hydrogens is 853 g/mol. The number of rotatable bonds is 55. The van der Waals surface area contributed by atoms with Gasteiger partial charge in [0.2, 0.25) is 0 Å². The number of hydrogen-bond acceptors (Lipinski definition) is 6. The highest BCUT2D eigenvalue weighted by molar-refractivity contribution is 5.71. The fourth-order valence-corrected chi connectivity index (χ4v) is 8.87. The van der Waals surface area contributed by atoms with E-state index < -0.39 is 6.10 Å². The molecular formula is C63H114O6. The summed E-state index contributed by atoms with van der Waals surface area (Å²) in [4.78, 5) is 38.1. The highest BCUT2D eigenvalue weighted by atomic mass is 16.6. The van der Waals surface area contributed by atoms with Gasteiger partial charge in [0.25, 0.3) is 0 Å². The van der Waals surface area contributed by atoms with Gasteiger partial charge in [-0.25, -0.2) is 0 Å². The lowest BCUT2D eigenvalue weighted by Gasteiger charge is -2.18. The van der Waals surface area contributed by atoms with Crippen LogP contribution in [0.4, 0.5) is 0 Å². The summed E-state index contributed by atoms with van der Waals surface area (Å²) >= 11 is 0. The molecule has 0 amide bonds. The van der Waals surface area contributed by atoms with Gasteiger partial charge in [-0.05, 0) is 44.9 Å². The van der Waals surface area contributed by atoms with E-state index in [1.165, 1.54) is 205 Å². The van der Waals surface area contributed by atoms with Crippen molar-refractivity contribution in [1.82, 2.24) is 0 Å². The van der Waals surface area contributed by atoms with Crippen LogP contribution in [0.1, 0.15) is 316 Å². The average Bonchev–Trinajstić information content (AvgIpc) is 3.35. The first kappa shape index (κ1) is 66.4. The zero-order chi connectivity index (χ0) is 50.0. The van der Waals surface area contributed by atoms with Crippen molar-refractivity contribution in [3.63, 3.8) is 0 Å². The molecule has 0 rings (SSSR count). The molecule has 6 nitrogen and oxygen atoms in total. The smallest absolute Gasteiger partial charge is 0.306 e. The molecule has 0 radical (unpaired) electrons. The van der Waals surface area contributed by atoms with Crippen LogP contribution in [0, 0.1) is 0 Å². The number of ether oxygens (including phenoxy) is 3. The Labute approximate surface area is 428 Å². The van der Waals surface area contributed by atoms with Crippen molar-refractivity contribution in [3.8, 4) is 0 Å². The van der Waals surface area contributed by atoms with Gasteiger partial charge in [-0.2, -0.15) is 0 Å². The molecule has 0 saturated heterocycles. The molecule has 0 saturated carbocycles. The molecule has 0 fully saturated rings. The number of allylic oxidation sites excluding steroid dienone is 8. The Morgan fingerprint density at radius 3 is 0.884 bits per heavy atom. The lowest BCUT2D eigenvalue weighted by atomic mass is 10.0. The Bertz CT molecular complexity index is 1200. The third-order valence-corrected chi connectivity index (χ3v) is 13.4. The van der Waals surface area contributed by atoms with Crippen LogP contribution in [0.5, 0.6) is 0 Å². The first-order chi connectivity index (χ1) is 34.0. The second-order valence-corrected chi connectivity index (χ2v) is 20.2. The van der Waals surface area contributed by atoms with Crippen molar-refractivity contribution in [1.29, 1.82) is 0 Å². The zero-order valence-electron chi connectivity index (χ0n) is 46.1. The Kier molecular flexibility index (Phi) is 55.7. The lowest BCUT2D eigenvalue weighted by molar-refractivity contribution is -0.166. The van der Waals surface area contributed by atoms with Gasteiger partial charge in [-0.1, -0.05) is 301 Å². The minimum atomic E-state index is -0.798. The summed E-state index contributed by atoms with van der Waals surface area (Å²) in [5.74, 6) is -0.956. The molecule has 402 valence electrons. The van der Waals surface area contributed by atoms with E-state index in [-0.39, 0.29) is 37.5 Å². The van der Waals surface area contributed by atoms with E-state index in [0.29, 0.717) is 19.3 Å². The second-order valence-electron chi connectivity index (χ2n) is 20.2. The van der Waals surface area contributed by atoms with E-state index in [0.717, 1.165) is 64.2 Å². The summed E-state index contributed by atoms with van der Waals surface area (Å²) < 4.78 is 16.8. The zero-order valence-corrected chi connectivity index (χ0v) is 46.1. The van der Waals surface area contributed by atoms with Crippen LogP contribution in [-0.2, 0) is 28.6 Å². The topological polar surface area (TPSA) is 78.9 Å². The summed E-state index contributed by atoms with van der Waals surface area (Å²) in [7, 11) is 0. The number of carbonyl (C=O) groups excluding carboxylic acids is 3. The third kappa shape index (κ3) is 56.2. The van der Waals surface area contributed by atoms with Gasteiger partial charge in [0.15, 0.2) is 6.10 Å². The van der Waals surface area contributed by atoms with Crippen molar-refractivity contribution >= 4 is 17.9 Å². The normalized spacial score (nSPS) is 12.3. The molecule has 0 aliphatic heterocycles. The van der Waals surface area contributed by atoms with Crippen molar-refractivity contribution in [3.05, 3.63) is 48.6 Å². The molecule has 0 N–H and O–H groups in total. The number of esters is 3. The molecule has 0 aromatic carbocycles. The maximum atomic E-state index is 12.9. The molecule has 1 unspecified atom stereocenters. The van der Waals surface area contributed by atoms with Crippen molar-refractivity contribution in [2.24, 2.45) is 0 Å². The molecule has 0 bridgehead atoms. The van der Waals surface area contributed by atoms with Gasteiger partial charge in [-0.3, -0.25) is 14.4 Å². The van der Waals surface area contributed by atoms with E-state index in [4.69, 9.17) is 14.2 Å². The largest absolute Gasteiger partial charge is 0.462 e. The van der Waals surface area contributed by atoms with Crippen LogP contribution in [-0.4, -0.2) is 37.2 Å². The number of carbonyl (C=O) groups is 3. The van der Waals surface area contributed by atoms with Gasteiger partial charge in [0.1, 0.15) is 13.2 Å². The summed E-state index contributed by atoms with van der Waals surface area (Å²) in [5.41, 5.74) is 0. The van der Waals surface area contributed by atoms with Crippen molar-refractivity contribution in [2.75, 3.05) is 13.2 Å². The summed E-state index contributed by atoms with van der Waals surface area (Å²) in [6.45, 7) is 6.51. The van der Waals surface area contributed by atoms with E-state index in [1.807, 2.05) is 6.08 Å². The Balaban J connectivity index is 4.34. The molecule has 0 spiro atoms. The molecule has 0 aliphatic rings. The second kappa shape index (κ2) is 57.9. The van der Waals surface area contributed by atoms with Crippen molar-refractivity contribution < 1.29 is 28.6 Å². The van der Waals surface area contributed by atoms with Gasteiger partial charge in [0.05, 0.1) is 0 Å². The quantitative estimate of drug-likeness (QED) is 0.0262. The fraction of sp³-hybridized carbons (Fsp3) is 0.825. The van der Waals surface area contributed by atoms with Crippen LogP contribution < -0.4 is 0 Å². The number of unbranched alkanes of at least 4 members (excludes halogenated alkanes) is 36. The standard InChI is InChI=1S/C63H114O6/c1-4-7-10-13-16-19-22-25-27-29-31-32-34-35-38-41-44-47-50-53-56-62(65)68-59-60(58-67-61(64)55-52-49-46-43-40-37-24-21-18-15-12-9-6-3)69-63(66)57-54-51-48-45-42-39-36-33-30-28-26-23-20-17-14-11-8-5-2/h9,12,18,21,37,40,46,49,60H,4-8,10-11,13-17,19-20,22-36,38-39,41-45,47-48,50-59H2,1-3H3/b12-9-,21-18-,40-37-,49-46-. The minimum Gasteiger partial charge on any atom is -0.462 e. The summed E-state index contributed by atoms with van der Waals surface area (Å²) in [6, 6.07) is 0. The maximum absolute atomic E-state index is 12.9. The Hall–Kier alpha value is -2.63. The molecule has 0 heterocycles. The molecule has 1 atom stereocenters. The maximum Gasteiger partial charge on any atom is 0.306 e. The van der Waals surface area contributed by atoms with Gasteiger partial charge < -0.3 is 14.2 Å². The van der Waals surface area contributed by atoms with Crippen molar-refractivity contribution in [2.45, 2.75) is 322 Å². The predicted octanol–water partition coefficient (Wildman–Crippen LogP) is 20.2. The van der Waals surface area contributed by atoms with Crippen LogP contribution >= 0.6 is 0 Å². The van der Waals surface area contributed by atoms with E-state index in [2.05, 4.69) is 63.3 Å². The average molecular weight is 968 g/mol. The molecule has 6 heteroatoms. The molecule has 0 aromatic rings. The van der Waals surface area contributed by atoms with Crippen LogP contribution in [0.25, 0.3) is 0 Å². The SMILES string of the molecule is CC/C=C\C/C=C\C/C=C\C/C=C\CCC(=O)OCC(COC(=O)CCCCCCCCCCCCCCCCCCCCCC)OC(=O)CCCCCCCCCCCCCCCCCCCC. The van der Waals surface area contributed by atoms with E-state index in [1.54, 1.807) is 0 Å². The van der Waals surface area contributed by atoms with E-state index in [9.17, 15) is 14.4 Å².